The van der Waals surface area contributed by atoms with Gasteiger partial charge in [-0.15, -0.1) is 0 Å². The van der Waals surface area contributed by atoms with Gasteiger partial charge in [0, 0.05) is 6.42 Å². The molecule has 0 unspecified atom stereocenters. The Morgan fingerprint density at radius 1 is 1.47 bits per heavy atom. The van der Waals surface area contributed by atoms with Gasteiger partial charge in [-0.2, -0.15) is 0 Å². The van der Waals surface area contributed by atoms with Crippen molar-refractivity contribution in [3.8, 4) is 0 Å². The van der Waals surface area contributed by atoms with Crippen molar-refractivity contribution < 1.29 is 14.6 Å². The molecule has 0 aromatic heterocycles. The molecule has 0 heterocycles. The minimum absolute atomic E-state index is 0.130. The van der Waals surface area contributed by atoms with Crippen LogP contribution >= 0.6 is 0 Å². The maximum Gasteiger partial charge on any atom is 0.305 e. The number of hydrogen-bond donors (Lipinski definition) is 1. The van der Waals surface area contributed by atoms with E-state index in [1.807, 2.05) is 0 Å². The van der Waals surface area contributed by atoms with E-state index in [9.17, 15) is 9.90 Å². The minimum Gasteiger partial charge on any atom is -0.469 e. The summed E-state index contributed by atoms with van der Waals surface area (Å²) in [5.74, 6) is 0.572. The fourth-order valence-corrected chi connectivity index (χ4v) is 2.28. The molecule has 0 aromatic rings. The van der Waals surface area contributed by atoms with Crippen LogP contribution in [0.3, 0.4) is 0 Å². The fraction of sp³-hybridized carbons (Fsp3) is 0.917. The number of hydrogen-bond acceptors (Lipinski definition) is 3. The van der Waals surface area contributed by atoms with Crippen LogP contribution in [0.1, 0.15) is 46.0 Å². The molecule has 1 saturated carbocycles. The summed E-state index contributed by atoms with van der Waals surface area (Å²) >= 11 is 0. The fourth-order valence-electron chi connectivity index (χ4n) is 2.28. The molecule has 1 aliphatic carbocycles. The van der Waals surface area contributed by atoms with Gasteiger partial charge in [-0.05, 0) is 37.5 Å². The van der Waals surface area contributed by atoms with Gasteiger partial charge in [0.2, 0.25) is 0 Å². The molecule has 88 valence electrons. The number of rotatable bonds is 3. The molecule has 0 atom stereocenters. The Balaban J connectivity index is 2.39. The van der Waals surface area contributed by atoms with Crippen LogP contribution in [0.4, 0.5) is 0 Å². The monoisotopic (exact) mass is 214 g/mol. The highest BCUT2D eigenvalue weighted by atomic mass is 16.5. The average Bonchev–Trinajstić information content (AvgIpc) is 2.21. The van der Waals surface area contributed by atoms with Crippen LogP contribution in [0.5, 0.6) is 0 Å². The molecule has 1 aliphatic rings. The molecule has 15 heavy (non-hydrogen) atoms. The zero-order valence-electron chi connectivity index (χ0n) is 9.95. The summed E-state index contributed by atoms with van der Waals surface area (Å²) in [6, 6.07) is 0. The number of esters is 1. The normalized spacial score (nSPS) is 31.7. The first kappa shape index (κ1) is 12.5. The van der Waals surface area contributed by atoms with Crippen molar-refractivity contribution >= 4 is 5.97 Å². The molecule has 1 N–H and O–H groups in total. The third-order valence-electron chi connectivity index (χ3n) is 3.73. The first-order valence-electron chi connectivity index (χ1n) is 5.77. The number of carbonyl (C=O) groups excluding carboxylic acids is 1. The lowest BCUT2D eigenvalue weighted by atomic mass is 9.72. The Labute approximate surface area is 91.8 Å². The number of carbonyl (C=O) groups is 1. The van der Waals surface area contributed by atoms with Crippen LogP contribution in [-0.2, 0) is 9.53 Å². The van der Waals surface area contributed by atoms with Gasteiger partial charge in [-0.3, -0.25) is 4.79 Å². The smallest absolute Gasteiger partial charge is 0.305 e. The topological polar surface area (TPSA) is 46.5 Å². The Bertz CT molecular complexity index is 215. The summed E-state index contributed by atoms with van der Waals surface area (Å²) in [5, 5.41) is 10.2. The van der Waals surface area contributed by atoms with Gasteiger partial charge in [0.05, 0.1) is 12.7 Å². The van der Waals surface area contributed by atoms with E-state index in [1.165, 1.54) is 7.11 Å². The Hall–Kier alpha value is -0.570. The van der Waals surface area contributed by atoms with E-state index < -0.39 is 5.60 Å². The van der Waals surface area contributed by atoms with Crippen LogP contribution < -0.4 is 0 Å². The maximum atomic E-state index is 11.1. The van der Waals surface area contributed by atoms with E-state index >= 15 is 0 Å². The first-order chi connectivity index (χ1) is 6.98. The van der Waals surface area contributed by atoms with Crippen molar-refractivity contribution in [2.45, 2.75) is 51.6 Å². The van der Waals surface area contributed by atoms with Crippen LogP contribution in [0.2, 0.25) is 0 Å². The van der Waals surface area contributed by atoms with Gasteiger partial charge >= 0.3 is 5.97 Å². The number of aliphatic hydroxyl groups is 1. The van der Waals surface area contributed by atoms with Crippen LogP contribution in [0.25, 0.3) is 0 Å². The molecular weight excluding hydrogens is 192 g/mol. The van der Waals surface area contributed by atoms with Crippen molar-refractivity contribution in [3.05, 3.63) is 0 Å². The van der Waals surface area contributed by atoms with Crippen LogP contribution in [0.15, 0.2) is 0 Å². The summed E-state index contributed by atoms with van der Waals surface area (Å²) in [5.41, 5.74) is -0.507. The standard InChI is InChI=1S/C12H22O3/c1-9(2)12(14)6-4-10(5-7-12)8-11(13)15-3/h9-10,14H,4-8H2,1-3H3/t10-,12-. The summed E-state index contributed by atoms with van der Waals surface area (Å²) in [6.07, 6.45) is 4.00. The predicted octanol–water partition coefficient (Wildman–Crippen LogP) is 2.13. The lowest BCUT2D eigenvalue weighted by Crippen LogP contribution is -2.39. The zero-order valence-corrected chi connectivity index (χ0v) is 9.95. The maximum absolute atomic E-state index is 11.1. The summed E-state index contributed by atoms with van der Waals surface area (Å²) in [7, 11) is 1.43. The largest absolute Gasteiger partial charge is 0.469 e. The van der Waals surface area contributed by atoms with Gasteiger partial charge in [-0.1, -0.05) is 13.8 Å². The van der Waals surface area contributed by atoms with E-state index in [1.54, 1.807) is 0 Å². The molecule has 3 nitrogen and oxygen atoms in total. The van der Waals surface area contributed by atoms with Gasteiger partial charge in [0.25, 0.3) is 0 Å². The van der Waals surface area contributed by atoms with Crippen molar-refractivity contribution in [1.29, 1.82) is 0 Å². The van der Waals surface area contributed by atoms with Crippen molar-refractivity contribution in [3.63, 3.8) is 0 Å². The molecule has 0 bridgehead atoms. The van der Waals surface area contributed by atoms with Crippen LogP contribution in [-0.4, -0.2) is 23.8 Å². The highest BCUT2D eigenvalue weighted by molar-refractivity contribution is 5.69. The van der Waals surface area contributed by atoms with E-state index in [2.05, 4.69) is 18.6 Å². The van der Waals surface area contributed by atoms with Gasteiger partial charge in [-0.25, -0.2) is 0 Å². The van der Waals surface area contributed by atoms with Crippen molar-refractivity contribution in [2.75, 3.05) is 7.11 Å². The molecule has 0 saturated heterocycles. The minimum atomic E-state index is -0.507. The first-order valence-corrected chi connectivity index (χ1v) is 5.77. The summed E-state index contributed by atoms with van der Waals surface area (Å²) in [4.78, 5) is 11.1. The van der Waals surface area contributed by atoms with Gasteiger partial charge in [0.15, 0.2) is 0 Å². The highest BCUT2D eigenvalue weighted by Gasteiger charge is 2.36. The summed E-state index contributed by atoms with van der Waals surface area (Å²) < 4.78 is 4.65. The van der Waals surface area contributed by atoms with E-state index in [0.717, 1.165) is 25.7 Å². The predicted molar refractivity (Wildman–Crippen MR) is 58.4 cm³/mol. The second-order valence-corrected chi connectivity index (χ2v) is 4.98. The Morgan fingerprint density at radius 3 is 2.40 bits per heavy atom. The average molecular weight is 214 g/mol. The Kier molecular flexibility index (Phi) is 4.14. The molecule has 0 radical (unpaired) electrons. The lowest BCUT2D eigenvalue weighted by molar-refractivity contribution is -0.142. The Morgan fingerprint density at radius 2 is 2.00 bits per heavy atom. The highest BCUT2D eigenvalue weighted by Crippen LogP contribution is 2.38. The molecular formula is C12H22O3. The van der Waals surface area contributed by atoms with Gasteiger partial charge < -0.3 is 9.84 Å². The van der Waals surface area contributed by atoms with E-state index in [0.29, 0.717) is 18.3 Å². The third kappa shape index (κ3) is 3.20. The molecule has 0 amide bonds. The van der Waals surface area contributed by atoms with Crippen LogP contribution in [0, 0.1) is 11.8 Å². The lowest BCUT2D eigenvalue weighted by Gasteiger charge is -2.38. The SMILES string of the molecule is COC(=O)C[C@H]1CC[C@@](O)(C(C)C)CC1. The van der Waals surface area contributed by atoms with Crippen molar-refractivity contribution in [1.82, 2.24) is 0 Å². The van der Waals surface area contributed by atoms with E-state index in [4.69, 9.17) is 0 Å². The van der Waals surface area contributed by atoms with Gasteiger partial charge in [0.1, 0.15) is 0 Å². The molecule has 0 aliphatic heterocycles. The van der Waals surface area contributed by atoms with E-state index in [-0.39, 0.29) is 5.97 Å². The zero-order chi connectivity index (χ0) is 11.5. The van der Waals surface area contributed by atoms with Crippen molar-refractivity contribution in [2.24, 2.45) is 11.8 Å². The third-order valence-corrected chi connectivity index (χ3v) is 3.73. The molecule has 0 aromatic carbocycles. The summed E-state index contributed by atoms with van der Waals surface area (Å²) in [6.45, 7) is 4.11. The second-order valence-electron chi connectivity index (χ2n) is 4.98. The molecule has 1 fully saturated rings. The second kappa shape index (κ2) is 4.97. The molecule has 3 heteroatoms. The molecule has 1 rings (SSSR count). The number of ether oxygens (including phenoxy) is 1. The quantitative estimate of drug-likeness (QED) is 0.732. The number of methoxy groups -OCH3 is 1. The molecule has 0 spiro atoms.